The minimum absolute atomic E-state index is 0.0206. The average molecular weight is 416 g/mol. The van der Waals surface area contributed by atoms with Crippen molar-refractivity contribution in [2.45, 2.75) is 43.7 Å². The van der Waals surface area contributed by atoms with Gasteiger partial charge >= 0.3 is 0 Å². The van der Waals surface area contributed by atoms with Crippen molar-refractivity contribution in [1.82, 2.24) is 20.2 Å². The van der Waals surface area contributed by atoms with Gasteiger partial charge in [-0.1, -0.05) is 30.3 Å². The summed E-state index contributed by atoms with van der Waals surface area (Å²) in [7, 11) is 6.31. The molecule has 0 unspecified atom stereocenters. The Morgan fingerprint density at radius 1 is 1.14 bits per heavy atom. The van der Waals surface area contributed by atoms with E-state index in [1.54, 1.807) is 6.20 Å². The smallest absolute Gasteiger partial charge is 0.222 e. The Morgan fingerprint density at radius 2 is 1.79 bits per heavy atom. The van der Waals surface area contributed by atoms with Crippen LogP contribution in [0.25, 0.3) is 0 Å². The largest absolute Gasteiger partial charge is 0.370 e. The highest BCUT2D eigenvalue weighted by Crippen LogP contribution is 2.44. The summed E-state index contributed by atoms with van der Waals surface area (Å²) >= 11 is 5.91. The lowest BCUT2D eigenvalue weighted by molar-refractivity contribution is -0.112. The molecule has 0 aliphatic heterocycles. The molecule has 1 aromatic carbocycles. The van der Waals surface area contributed by atoms with Crippen LogP contribution in [-0.2, 0) is 10.3 Å². The van der Waals surface area contributed by atoms with E-state index < -0.39 is 0 Å². The first-order chi connectivity index (χ1) is 13.8. The van der Waals surface area contributed by atoms with Crippen molar-refractivity contribution in [3.63, 3.8) is 0 Å². The van der Waals surface area contributed by atoms with Crippen molar-refractivity contribution in [2.24, 2.45) is 0 Å². The minimum Gasteiger partial charge on any atom is -0.370 e. The molecule has 0 saturated heterocycles. The van der Waals surface area contributed by atoms with E-state index in [0.717, 1.165) is 43.5 Å². The third-order valence-corrected chi connectivity index (χ3v) is 6.62. The molecule has 2 aromatic rings. The van der Waals surface area contributed by atoms with Crippen LogP contribution in [0, 0.1) is 6.92 Å². The van der Waals surface area contributed by atoms with E-state index >= 15 is 0 Å². The predicted molar refractivity (Wildman–Crippen MR) is 117 cm³/mol. The summed E-state index contributed by atoms with van der Waals surface area (Å²) in [6.45, 7) is 2.61. The summed E-state index contributed by atoms with van der Waals surface area (Å²) in [6, 6.07) is 10.7. The second-order valence-corrected chi connectivity index (χ2v) is 8.64. The van der Waals surface area contributed by atoms with Gasteiger partial charge in [-0.25, -0.2) is 9.97 Å². The van der Waals surface area contributed by atoms with Crippen LogP contribution < -0.4 is 10.2 Å². The van der Waals surface area contributed by atoms with Gasteiger partial charge in [0.05, 0.1) is 23.1 Å². The summed E-state index contributed by atoms with van der Waals surface area (Å²) in [5.41, 5.74) is 2.77. The normalized spacial score (nSPS) is 24.3. The lowest BCUT2D eigenvalue weighted by atomic mass is 9.68. The van der Waals surface area contributed by atoms with Gasteiger partial charge in [0.1, 0.15) is 0 Å². The molecule has 1 heterocycles. The highest BCUT2D eigenvalue weighted by Gasteiger charge is 2.45. The summed E-state index contributed by atoms with van der Waals surface area (Å²) < 4.78 is 0. The molecule has 3 rings (SSSR count). The SMILES string of the molecule is Cc1nc(Cl)ncc1N(C)CC1(NC=O)CCC(c2ccccc2)(N(C)C)CC1. The van der Waals surface area contributed by atoms with Gasteiger partial charge in [0, 0.05) is 19.1 Å². The van der Waals surface area contributed by atoms with Crippen LogP contribution >= 0.6 is 11.6 Å². The molecule has 1 aromatic heterocycles. The second kappa shape index (κ2) is 8.67. The maximum absolute atomic E-state index is 11.5. The number of benzene rings is 1. The van der Waals surface area contributed by atoms with Gasteiger partial charge in [-0.15, -0.1) is 0 Å². The van der Waals surface area contributed by atoms with E-state index in [0.29, 0.717) is 6.54 Å². The first kappa shape index (κ1) is 21.5. The van der Waals surface area contributed by atoms with Gasteiger partial charge in [-0.3, -0.25) is 9.69 Å². The van der Waals surface area contributed by atoms with E-state index in [-0.39, 0.29) is 16.4 Å². The lowest BCUT2D eigenvalue weighted by Gasteiger charge is -2.51. The van der Waals surface area contributed by atoms with Gasteiger partial charge in [0.2, 0.25) is 11.7 Å². The number of carbonyl (C=O) groups excluding carboxylic acids is 1. The summed E-state index contributed by atoms with van der Waals surface area (Å²) in [5, 5.41) is 3.40. The third-order valence-electron chi connectivity index (χ3n) is 6.44. The molecule has 1 saturated carbocycles. The number of amides is 1. The van der Waals surface area contributed by atoms with Gasteiger partial charge in [-0.05, 0) is 63.9 Å². The number of rotatable bonds is 7. The molecule has 0 bridgehead atoms. The highest BCUT2D eigenvalue weighted by molar-refractivity contribution is 6.28. The zero-order chi connectivity index (χ0) is 21.1. The number of halogens is 1. The number of nitrogens with one attached hydrogen (secondary N) is 1. The molecule has 29 heavy (non-hydrogen) atoms. The van der Waals surface area contributed by atoms with Crippen LogP contribution in [0.2, 0.25) is 5.28 Å². The summed E-state index contributed by atoms with van der Waals surface area (Å²) in [5.74, 6) is 0. The Hall–Kier alpha value is -2.18. The molecule has 1 amide bonds. The van der Waals surface area contributed by atoms with Crippen molar-refractivity contribution in [2.75, 3.05) is 32.6 Å². The molecule has 0 atom stereocenters. The Labute approximate surface area is 178 Å². The molecule has 0 spiro atoms. The first-order valence-electron chi connectivity index (χ1n) is 9.96. The zero-order valence-electron chi connectivity index (χ0n) is 17.7. The molecule has 0 radical (unpaired) electrons. The van der Waals surface area contributed by atoms with Crippen molar-refractivity contribution in [3.05, 3.63) is 53.1 Å². The standard InChI is InChI=1S/C22H30ClN5O/c1-17-19(14-24-20(23)26-17)28(4)15-21(25-16-29)10-12-22(13-11-21,27(2)3)18-8-6-5-7-9-18/h5-9,14,16H,10-13,15H2,1-4H3,(H,25,29). The van der Waals surface area contributed by atoms with Gasteiger partial charge in [0.15, 0.2) is 0 Å². The Bertz CT molecular complexity index is 834. The topological polar surface area (TPSA) is 61.4 Å². The van der Waals surface area contributed by atoms with Crippen LogP contribution in [0.3, 0.4) is 0 Å². The van der Waals surface area contributed by atoms with Crippen molar-refractivity contribution >= 4 is 23.7 Å². The quantitative estimate of drug-likeness (QED) is 0.554. The van der Waals surface area contributed by atoms with Crippen LogP contribution in [-0.4, -0.2) is 54.5 Å². The fourth-order valence-corrected chi connectivity index (χ4v) is 4.88. The number of carbonyl (C=O) groups is 1. The van der Waals surface area contributed by atoms with E-state index in [1.165, 1.54) is 5.56 Å². The maximum atomic E-state index is 11.5. The maximum Gasteiger partial charge on any atom is 0.222 e. The average Bonchev–Trinajstić information content (AvgIpc) is 2.69. The number of likely N-dealkylation sites (N-methyl/N-ethyl adjacent to an activating group) is 1. The van der Waals surface area contributed by atoms with Crippen LogP contribution in [0.1, 0.15) is 36.9 Å². The predicted octanol–water partition coefficient (Wildman–Crippen LogP) is 3.39. The molecule has 1 aliphatic rings. The minimum atomic E-state index is -0.295. The molecule has 1 fully saturated rings. The van der Waals surface area contributed by atoms with Crippen LogP contribution in [0.4, 0.5) is 5.69 Å². The highest BCUT2D eigenvalue weighted by atomic mass is 35.5. The number of aromatic nitrogens is 2. The Kier molecular flexibility index (Phi) is 6.44. The lowest BCUT2D eigenvalue weighted by Crippen LogP contribution is -2.58. The molecule has 7 heteroatoms. The Balaban J connectivity index is 1.83. The molecular weight excluding hydrogens is 386 g/mol. The second-order valence-electron chi connectivity index (χ2n) is 8.30. The fraction of sp³-hybridized carbons (Fsp3) is 0.500. The monoisotopic (exact) mass is 415 g/mol. The molecular formula is C22H30ClN5O. The zero-order valence-corrected chi connectivity index (χ0v) is 18.4. The van der Waals surface area contributed by atoms with Gasteiger partial charge in [-0.2, -0.15) is 0 Å². The van der Waals surface area contributed by atoms with E-state index in [2.05, 4.69) is 69.5 Å². The molecule has 1 aliphatic carbocycles. The van der Waals surface area contributed by atoms with Crippen molar-refractivity contribution in [3.8, 4) is 0 Å². The first-order valence-corrected chi connectivity index (χ1v) is 10.3. The fourth-order valence-electron chi connectivity index (χ4n) is 4.70. The number of anilines is 1. The van der Waals surface area contributed by atoms with E-state index in [9.17, 15) is 4.79 Å². The van der Waals surface area contributed by atoms with E-state index in [1.807, 2.05) is 14.0 Å². The number of hydrogen-bond donors (Lipinski definition) is 1. The van der Waals surface area contributed by atoms with Crippen molar-refractivity contribution in [1.29, 1.82) is 0 Å². The van der Waals surface area contributed by atoms with Gasteiger partial charge < -0.3 is 10.2 Å². The third kappa shape index (κ3) is 4.38. The summed E-state index contributed by atoms with van der Waals surface area (Å²) in [6.07, 6.45) is 6.29. The van der Waals surface area contributed by atoms with E-state index in [4.69, 9.17) is 11.6 Å². The molecule has 156 valence electrons. The molecule has 1 N–H and O–H groups in total. The Morgan fingerprint density at radius 3 is 2.34 bits per heavy atom. The van der Waals surface area contributed by atoms with Crippen LogP contribution in [0.15, 0.2) is 36.5 Å². The van der Waals surface area contributed by atoms with Crippen LogP contribution in [0.5, 0.6) is 0 Å². The number of hydrogen-bond acceptors (Lipinski definition) is 5. The van der Waals surface area contributed by atoms with Gasteiger partial charge in [0.25, 0.3) is 0 Å². The molecule has 6 nitrogen and oxygen atoms in total. The van der Waals surface area contributed by atoms with Crippen molar-refractivity contribution < 1.29 is 4.79 Å². The summed E-state index contributed by atoms with van der Waals surface area (Å²) in [4.78, 5) is 24.3. The number of aryl methyl sites for hydroxylation is 1. The number of nitrogens with zero attached hydrogens (tertiary/aromatic N) is 4.